The van der Waals surface area contributed by atoms with Crippen LogP contribution in [0.1, 0.15) is 35.1 Å². The molecule has 0 saturated carbocycles. The molecule has 1 atom stereocenters. The summed E-state index contributed by atoms with van der Waals surface area (Å²) in [5.74, 6) is -0.476. The summed E-state index contributed by atoms with van der Waals surface area (Å²) in [7, 11) is 0. The number of hydrogen-bond acceptors (Lipinski definition) is 4. The number of carboxylic acid groups (broad SMARTS) is 1. The molecule has 2 aromatic heterocycles. The minimum Gasteiger partial charge on any atom is -0.476 e. The van der Waals surface area contributed by atoms with E-state index in [2.05, 4.69) is 22.0 Å². The van der Waals surface area contributed by atoms with E-state index < -0.39 is 5.97 Å². The zero-order valence-electron chi connectivity index (χ0n) is 10.6. The molecule has 98 valence electrons. The molecule has 1 aliphatic rings. The van der Waals surface area contributed by atoms with E-state index in [1.807, 2.05) is 0 Å². The number of carboxylic acids is 1. The van der Waals surface area contributed by atoms with E-state index in [0.717, 1.165) is 30.5 Å². The highest BCUT2D eigenvalue weighted by Crippen LogP contribution is 2.29. The van der Waals surface area contributed by atoms with Gasteiger partial charge < -0.3 is 5.11 Å². The summed E-state index contributed by atoms with van der Waals surface area (Å²) in [6.07, 6.45) is 7.38. The van der Waals surface area contributed by atoms with Crippen LogP contribution in [0.4, 0.5) is 0 Å². The molecule has 2 aromatic rings. The Morgan fingerprint density at radius 1 is 1.42 bits per heavy atom. The summed E-state index contributed by atoms with van der Waals surface area (Å²) in [5, 5.41) is 13.5. The Morgan fingerprint density at radius 2 is 2.16 bits per heavy atom. The lowest BCUT2D eigenvalue weighted by Crippen LogP contribution is -2.14. The van der Waals surface area contributed by atoms with Crippen LogP contribution in [-0.2, 0) is 12.8 Å². The molecule has 6 heteroatoms. The largest absolute Gasteiger partial charge is 0.476 e. The lowest BCUT2D eigenvalue weighted by atomic mass is 9.87. The normalized spacial score (nSPS) is 18.1. The average molecular weight is 258 g/mol. The molecular formula is C13H14N4O2. The quantitative estimate of drug-likeness (QED) is 0.882. The van der Waals surface area contributed by atoms with Gasteiger partial charge in [0.25, 0.3) is 0 Å². The van der Waals surface area contributed by atoms with Crippen molar-refractivity contribution in [3.05, 3.63) is 35.7 Å². The first-order chi connectivity index (χ1) is 9.16. The number of rotatable bonds is 2. The molecule has 1 N–H and O–H groups in total. The highest BCUT2D eigenvalue weighted by atomic mass is 16.4. The first kappa shape index (κ1) is 11.8. The van der Waals surface area contributed by atoms with E-state index in [-0.39, 0.29) is 5.69 Å². The summed E-state index contributed by atoms with van der Waals surface area (Å²) in [6, 6.07) is 0. The molecule has 6 nitrogen and oxygen atoms in total. The average Bonchev–Trinajstić information content (AvgIpc) is 2.78. The van der Waals surface area contributed by atoms with Crippen LogP contribution in [0.15, 0.2) is 18.7 Å². The van der Waals surface area contributed by atoms with Crippen LogP contribution in [0.3, 0.4) is 0 Å². The maximum absolute atomic E-state index is 11.3. The zero-order valence-corrected chi connectivity index (χ0v) is 10.6. The lowest BCUT2D eigenvalue weighted by molar-refractivity contribution is 0.0688. The van der Waals surface area contributed by atoms with E-state index in [9.17, 15) is 9.90 Å². The summed E-state index contributed by atoms with van der Waals surface area (Å²) >= 11 is 0. The van der Waals surface area contributed by atoms with Gasteiger partial charge in [-0.2, -0.15) is 5.10 Å². The third kappa shape index (κ3) is 1.99. The van der Waals surface area contributed by atoms with Crippen LogP contribution in [0.2, 0.25) is 0 Å². The third-order valence-electron chi connectivity index (χ3n) is 3.51. The second-order valence-corrected chi connectivity index (χ2v) is 4.94. The lowest BCUT2D eigenvalue weighted by Gasteiger charge is -2.19. The summed E-state index contributed by atoms with van der Waals surface area (Å²) in [6.45, 7) is 2.14. The fourth-order valence-electron chi connectivity index (χ4n) is 2.58. The van der Waals surface area contributed by atoms with Crippen molar-refractivity contribution >= 4 is 5.97 Å². The summed E-state index contributed by atoms with van der Waals surface area (Å²) < 4.78 is 1.67. The number of aromatic nitrogens is 4. The maximum atomic E-state index is 11.3. The molecule has 1 aliphatic carbocycles. The Balaban J connectivity index is 2.17. The van der Waals surface area contributed by atoms with Gasteiger partial charge in [-0.15, -0.1) is 0 Å². The van der Waals surface area contributed by atoms with Crippen LogP contribution in [0, 0.1) is 5.92 Å². The smallest absolute Gasteiger partial charge is 0.356 e. The van der Waals surface area contributed by atoms with Crippen molar-refractivity contribution in [3.63, 3.8) is 0 Å². The SMILES string of the molecule is CC1CCc2c(c(C(=O)O)nn2-c2cncnc2)C1. The Bertz CT molecular complexity index is 621. The number of carbonyl (C=O) groups is 1. The van der Waals surface area contributed by atoms with Crippen LogP contribution in [0.5, 0.6) is 0 Å². The van der Waals surface area contributed by atoms with Gasteiger partial charge >= 0.3 is 5.97 Å². The predicted molar refractivity (Wildman–Crippen MR) is 67.3 cm³/mol. The van der Waals surface area contributed by atoms with Gasteiger partial charge in [-0.25, -0.2) is 19.4 Å². The highest BCUT2D eigenvalue weighted by Gasteiger charge is 2.27. The Kier molecular flexibility index (Phi) is 2.77. The van der Waals surface area contributed by atoms with Crippen molar-refractivity contribution in [1.82, 2.24) is 19.7 Å². The predicted octanol–water partition coefficient (Wildman–Crippen LogP) is 1.49. The first-order valence-corrected chi connectivity index (χ1v) is 6.26. The second-order valence-electron chi connectivity index (χ2n) is 4.94. The molecule has 0 fully saturated rings. The van der Waals surface area contributed by atoms with Crippen molar-refractivity contribution in [3.8, 4) is 5.69 Å². The van der Waals surface area contributed by atoms with Crippen molar-refractivity contribution in [1.29, 1.82) is 0 Å². The standard InChI is InChI=1S/C13H14N4O2/c1-8-2-3-11-10(4-8)12(13(18)19)16-17(11)9-5-14-7-15-6-9/h5-8H,2-4H2,1H3,(H,18,19). The van der Waals surface area contributed by atoms with Crippen LogP contribution >= 0.6 is 0 Å². The Labute approximate surface area is 110 Å². The van der Waals surface area contributed by atoms with E-state index >= 15 is 0 Å². The molecule has 0 bridgehead atoms. The van der Waals surface area contributed by atoms with Crippen LogP contribution in [0.25, 0.3) is 5.69 Å². The number of aromatic carboxylic acids is 1. The fraction of sp³-hybridized carbons (Fsp3) is 0.385. The Hall–Kier alpha value is -2.24. The molecule has 0 saturated heterocycles. The van der Waals surface area contributed by atoms with Crippen molar-refractivity contribution in [2.24, 2.45) is 5.92 Å². The molecule has 1 unspecified atom stereocenters. The monoisotopic (exact) mass is 258 g/mol. The molecular weight excluding hydrogens is 244 g/mol. The van der Waals surface area contributed by atoms with E-state index in [1.54, 1.807) is 17.1 Å². The first-order valence-electron chi connectivity index (χ1n) is 6.26. The van der Waals surface area contributed by atoms with E-state index in [1.165, 1.54) is 6.33 Å². The number of hydrogen-bond donors (Lipinski definition) is 1. The van der Waals surface area contributed by atoms with Gasteiger partial charge in [0, 0.05) is 11.3 Å². The molecule has 19 heavy (non-hydrogen) atoms. The fourth-order valence-corrected chi connectivity index (χ4v) is 2.58. The molecule has 0 aromatic carbocycles. The molecule has 0 spiro atoms. The van der Waals surface area contributed by atoms with E-state index in [0.29, 0.717) is 11.6 Å². The summed E-state index contributed by atoms with van der Waals surface area (Å²) in [4.78, 5) is 19.2. The van der Waals surface area contributed by atoms with Gasteiger partial charge in [0.1, 0.15) is 12.0 Å². The van der Waals surface area contributed by atoms with Gasteiger partial charge in [0.2, 0.25) is 0 Å². The third-order valence-corrected chi connectivity index (χ3v) is 3.51. The minimum absolute atomic E-state index is 0.158. The van der Waals surface area contributed by atoms with Gasteiger partial charge in [0.05, 0.1) is 12.4 Å². The van der Waals surface area contributed by atoms with Crippen LogP contribution < -0.4 is 0 Å². The number of nitrogens with zero attached hydrogens (tertiary/aromatic N) is 4. The molecule has 0 aliphatic heterocycles. The zero-order chi connectivity index (χ0) is 13.4. The topological polar surface area (TPSA) is 80.9 Å². The van der Waals surface area contributed by atoms with Crippen LogP contribution in [-0.4, -0.2) is 30.8 Å². The van der Waals surface area contributed by atoms with Crippen molar-refractivity contribution in [2.45, 2.75) is 26.2 Å². The number of fused-ring (bicyclic) bond motifs is 1. The summed E-state index contributed by atoms with van der Waals surface area (Å²) in [5.41, 5.74) is 2.70. The van der Waals surface area contributed by atoms with Gasteiger partial charge in [-0.1, -0.05) is 6.92 Å². The molecule has 2 heterocycles. The van der Waals surface area contributed by atoms with Crippen molar-refractivity contribution < 1.29 is 9.90 Å². The minimum atomic E-state index is -0.971. The maximum Gasteiger partial charge on any atom is 0.356 e. The highest BCUT2D eigenvalue weighted by molar-refractivity contribution is 5.87. The Morgan fingerprint density at radius 3 is 2.84 bits per heavy atom. The van der Waals surface area contributed by atoms with E-state index in [4.69, 9.17) is 0 Å². The molecule has 0 amide bonds. The van der Waals surface area contributed by atoms with Gasteiger partial charge in [-0.3, -0.25) is 0 Å². The van der Waals surface area contributed by atoms with Gasteiger partial charge in [0.15, 0.2) is 5.69 Å². The van der Waals surface area contributed by atoms with Crippen molar-refractivity contribution in [2.75, 3.05) is 0 Å². The van der Waals surface area contributed by atoms with Gasteiger partial charge in [-0.05, 0) is 25.2 Å². The second kappa shape index (κ2) is 4.46. The molecule has 0 radical (unpaired) electrons. The molecule has 3 rings (SSSR count).